The highest BCUT2D eigenvalue weighted by atomic mass is 16.1. The van der Waals surface area contributed by atoms with Gasteiger partial charge < -0.3 is 10.6 Å². The Morgan fingerprint density at radius 1 is 1.71 bits per heavy atom. The normalized spacial score (nSPS) is 12.5. The summed E-state index contributed by atoms with van der Waals surface area (Å²) in [6.45, 7) is 4.42. The molecule has 0 saturated heterocycles. The number of aromatic amines is 1. The van der Waals surface area contributed by atoms with Gasteiger partial charge in [-0.3, -0.25) is 9.89 Å². The molecule has 0 spiro atoms. The third-order valence-corrected chi connectivity index (χ3v) is 1.92. The second-order valence-corrected chi connectivity index (χ2v) is 3.38. The van der Waals surface area contributed by atoms with Gasteiger partial charge in [-0.15, -0.1) is 0 Å². The molecule has 5 nitrogen and oxygen atoms in total. The molecule has 0 bridgehead atoms. The van der Waals surface area contributed by atoms with Crippen molar-refractivity contribution in [3.05, 3.63) is 11.8 Å². The Labute approximate surface area is 83.3 Å². The van der Waals surface area contributed by atoms with Crippen molar-refractivity contribution in [3.8, 4) is 0 Å². The number of hydrogen-bond acceptors (Lipinski definition) is 3. The Morgan fingerprint density at radius 3 is 2.93 bits per heavy atom. The first-order chi connectivity index (χ1) is 6.63. The van der Waals surface area contributed by atoms with Crippen LogP contribution in [0.2, 0.25) is 0 Å². The smallest absolute Gasteiger partial charge is 0.229 e. The molecule has 0 radical (unpaired) electrons. The van der Waals surface area contributed by atoms with Gasteiger partial charge in [0.1, 0.15) is 0 Å². The first kappa shape index (κ1) is 10.7. The average molecular weight is 196 g/mol. The molecule has 0 fully saturated rings. The summed E-state index contributed by atoms with van der Waals surface area (Å²) in [6.07, 6.45) is 0. The summed E-state index contributed by atoms with van der Waals surface area (Å²) in [5.41, 5.74) is 0.932. The summed E-state index contributed by atoms with van der Waals surface area (Å²) in [6, 6.07) is 1.80. The summed E-state index contributed by atoms with van der Waals surface area (Å²) in [7, 11) is 1.82. The van der Waals surface area contributed by atoms with Gasteiger partial charge in [0.15, 0.2) is 5.82 Å². The van der Waals surface area contributed by atoms with Gasteiger partial charge in [-0.25, -0.2) is 0 Å². The minimum atomic E-state index is -0.0583. The van der Waals surface area contributed by atoms with Crippen LogP contribution >= 0.6 is 0 Å². The lowest BCUT2D eigenvalue weighted by atomic mass is 10.1. The number of H-pyrrole nitrogens is 1. The Balaban J connectivity index is 2.48. The van der Waals surface area contributed by atoms with Crippen LogP contribution < -0.4 is 10.6 Å². The van der Waals surface area contributed by atoms with Crippen molar-refractivity contribution in [1.29, 1.82) is 0 Å². The number of amides is 1. The molecule has 0 saturated carbocycles. The van der Waals surface area contributed by atoms with Crippen molar-refractivity contribution >= 4 is 11.7 Å². The zero-order valence-electron chi connectivity index (χ0n) is 8.72. The van der Waals surface area contributed by atoms with Crippen LogP contribution in [0.3, 0.4) is 0 Å². The lowest BCUT2D eigenvalue weighted by Gasteiger charge is -2.09. The summed E-state index contributed by atoms with van der Waals surface area (Å²) in [4.78, 5) is 11.5. The average Bonchev–Trinajstić information content (AvgIpc) is 2.51. The topological polar surface area (TPSA) is 69.8 Å². The van der Waals surface area contributed by atoms with Crippen molar-refractivity contribution in [3.63, 3.8) is 0 Å². The van der Waals surface area contributed by atoms with Crippen molar-refractivity contribution in [2.24, 2.45) is 5.92 Å². The molecule has 14 heavy (non-hydrogen) atoms. The van der Waals surface area contributed by atoms with E-state index < -0.39 is 0 Å². The molecule has 0 aromatic carbocycles. The first-order valence-electron chi connectivity index (χ1n) is 4.61. The molecule has 78 valence electrons. The van der Waals surface area contributed by atoms with Gasteiger partial charge in [0.2, 0.25) is 5.91 Å². The van der Waals surface area contributed by atoms with E-state index >= 15 is 0 Å². The van der Waals surface area contributed by atoms with Crippen LogP contribution in [-0.2, 0) is 4.79 Å². The fourth-order valence-electron chi connectivity index (χ4n) is 1.13. The number of aromatic nitrogens is 2. The van der Waals surface area contributed by atoms with Gasteiger partial charge in [0.05, 0.1) is 0 Å². The molecule has 0 aliphatic heterocycles. The fourth-order valence-corrected chi connectivity index (χ4v) is 1.13. The van der Waals surface area contributed by atoms with E-state index in [1.807, 2.05) is 20.9 Å². The third kappa shape index (κ3) is 2.85. The maximum atomic E-state index is 11.5. The largest absolute Gasteiger partial charge is 0.319 e. The van der Waals surface area contributed by atoms with Gasteiger partial charge in [-0.1, -0.05) is 6.92 Å². The van der Waals surface area contributed by atoms with Gasteiger partial charge in [0.25, 0.3) is 0 Å². The zero-order chi connectivity index (χ0) is 10.6. The number of nitrogens with zero attached hydrogens (tertiary/aromatic N) is 1. The molecule has 1 atom stereocenters. The van der Waals surface area contributed by atoms with Crippen LogP contribution in [0.4, 0.5) is 5.82 Å². The molecule has 0 aliphatic rings. The Hall–Kier alpha value is -1.36. The molecule has 5 heteroatoms. The predicted octanol–water partition coefficient (Wildman–Crippen LogP) is 0.512. The minimum absolute atomic E-state index is 0.0224. The van der Waals surface area contributed by atoms with E-state index in [1.54, 1.807) is 6.07 Å². The van der Waals surface area contributed by atoms with Crippen LogP contribution in [-0.4, -0.2) is 29.7 Å². The molecular formula is C9H16N4O. The monoisotopic (exact) mass is 196 g/mol. The summed E-state index contributed by atoms with van der Waals surface area (Å²) >= 11 is 0. The van der Waals surface area contributed by atoms with Gasteiger partial charge in [-0.05, 0) is 14.0 Å². The van der Waals surface area contributed by atoms with Gasteiger partial charge in [-0.2, -0.15) is 5.10 Å². The first-order valence-corrected chi connectivity index (χ1v) is 4.61. The molecule has 1 amide bonds. The molecule has 0 aliphatic carbocycles. The molecule has 1 unspecified atom stereocenters. The SMILES string of the molecule is CNCC(C)C(=O)Nc1cc(C)[nH]n1. The van der Waals surface area contributed by atoms with Gasteiger partial charge >= 0.3 is 0 Å². The Bertz CT molecular complexity index is 308. The summed E-state index contributed by atoms with van der Waals surface area (Å²) in [5, 5.41) is 12.4. The fraction of sp³-hybridized carbons (Fsp3) is 0.556. The highest BCUT2D eigenvalue weighted by molar-refractivity contribution is 5.91. The number of carbonyl (C=O) groups excluding carboxylic acids is 1. The Kier molecular flexibility index (Phi) is 3.64. The summed E-state index contributed by atoms with van der Waals surface area (Å²) < 4.78 is 0. The second kappa shape index (κ2) is 4.76. The van der Waals surface area contributed by atoms with Crippen molar-refractivity contribution in [2.75, 3.05) is 18.9 Å². The number of carbonyl (C=O) groups is 1. The zero-order valence-corrected chi connectivity index (χ0v) is 8.72. The maximum Gasteiger partial charge on any atom is 0.229 e. The molecule has 1 heterocycles. The quantitative estimate of drug-likeness (QED) is 0.657. The van der Waals surface area contributed by atoms with E-state index in [-0.39, 0.29) is 11.8 Å². The van der Waals surface area contributed by atoms with Gasteiger partial charge in [0, 0.05) is 24.2 Å². The van der Waals surface area contributed by atoms with Crippen LogP contribution in [0.15, 0.2) is 6.07 Å². The van der Waals surface area contributed by atoms with Crippen molar-refractivity contribution in [1.82, 2.24) is 15.5 Å². The highest BCUT2D eigenvalue weighted by Gasteiger charge is 2.12. The lowest BCUT2D eigenvalue weighted by molar-refractivity contribution is -0.119. The minimum Gasteiger partial charge on any atom is -0.319 e. The van der Waals surface area contributed by atoms with E-state index in [4.69, 9.17) is 0 Å². The number of anilines is 1. The summed E-state index contributed by atoms with van der Waals surface area (Å²) in [5.74, 6) is 0.498. The van der Waals surface area contributed by atoms with E-state index in [0.29, 0.717) is 12.4 Å². The van der Waals surface area contributed by atoms with E-state index in [0.717, 1.165) is 5.69 Å². The van der Waals surface area contributed by atoms with E-state index in [1.165, 1.54) is 0 Å². The van der Waals surface area contributed by atoms with Crippen molar-refractivity contribution in [2.45, 2.75) is 13.8 Å². The highest BCUT2D eigenvalue weighted by Crippen LogP contribution is 2.05. The van der Waals surface area contributed by atoms with Crippen molar-refractivity contribution < 1.29 is 4.79 Å². The number of rotatable bonds is 4. The maximum absolute atomic E-state index is 11.5. The standard InChI is InChI=1S/C9H16N4O/c1-6(5-10-3)9(14)11-8-4-7(2)12-13-8/h4,6,10H,5H2,1-3H3,(H2,11,12,13,14). The van der Waals surface area contributed by atoms with Crippen LogP contribution in [0.25, 0.3) is 0 Å². The lowest BCUT2D eigenvalue weighted by Crippen LogP contribution is -2.28. The number of nitrogens with one attached hydrogen (secondary N) is 3. The molecule has 1 aromatic heterocycles. The molecule has 1 rings (SSSR count). The van der Waals surface area contributed by atoms with Crippen LogP contribution in [0.5, 0.6) is 0 Å². The van der Waals surface area contributed by atoms with Crippen LogP contribution in [0, 0.1) is 12.8 Å². The molecule has 1 aromatic rings. The van der Waals surface area contributed by atoms with E-state index in [2.05, 4.69) is 20.8 Å². The molecular weight excluding hydrogens is 180 g/mol. The second-order valence-electron chi connectivity index (χ2n) is 3.38. The van der Waals surface area contributed by atoms with E-state index in [9.17, 15) is 4.79 Å². The number of hydrogen-bond donors (Lipinski definition) is 3. The number of aryl methyl sites for hydroxylation is 1. The van der Waals surface area contributed by atoms with Crippen LogP contribution in [0.1, 0.15) is 12.6 Å². The predicted molar refractivity (Wildman–Crippen MR) is 55.0 cm³/mol. The molecule has 3 N–H and O–H groups in total. The third-order valence-electron chi connectivity index (χ3n) is 1.92. The Morgan fingerprint density at radius 2 is 2.43 bits per heavy atom.